The van der Waals surface area contributed by atoms with Gasteiger partial charge >= 0.3 is 0 Å². The van der Waals surface area contributed by atoms with E-state index in [-0.39, 0.29) is 18.9 Å². The molecule has 640 valence electrons. The maximum atomic E-state index is 13.5. The summed E-state index contributed by atoms with van der Waals surface area (Å²) in [5.74, 6) is -0.282. The molecular weight excluding hydrogens is 1380 g/mol. The number of rotatable bonds is 74. The van der Waals surface area contributed by atoms with Gasteiger partial charge in [0.05, 0.1) is 38.6 Å². The molecule has 17 atom stereocenters. The van der Waals surface area contributed by atoms with E-state index in [2.05, 4.69) is 55.6 Å². The van der Waals surface area contributed by atoms with Crippen molar-refractivity contribution < 1.29 is 89.4 Å². The van der Waals surface area contributed by atoms with E-state index in [1.54, 1.807) is 6.08 Å². The van der Waals surface area contributed by atoms with E-state index in [4.69, 9.17) is 28.4 Å². The predicted molar refractivity (Wildman–Crippen MR) is 439 cm³/mol. The molecule has 19 nitrogen and oxygen atoms in total. The van der Waals surface area contributed by atoms with Gasteiger partial charge in [0.2, 0.25) is 5.91 Å². The van der Waals surface area contributed by atoms with Crippen molar-refractivity contribution in [2.75, 3.05) is 26.4 Å². The number of unbranched alkanes of at least 4 members (excludes halogenated alkanes) is 52. The van der Waals surface area contributed by atoms with Crippen molar-refractivity contribution in [1.82, 2.24) is 5.32 Å². The Balaban J connectivity index is 1.33. The molecular formula is C90H167NO18. The number of aliphatic hydroxyl groups excluding tert-OH is 11. The molecule has 17 unspecified atom stereocenters. The van der Waals surface area contributed by atoms with E-state index in [1.807, 2.05) is 6.08 Å². The zero-order chi connectivity index (χ0) is 78.8. The predicted octanol–water partition coefficient (Wildman–Crippen LogP) is 17.2. The fraction of sp³-hybridized carbons (Fsp3) is 0.900. The monoisotopic (exact) mass is 1550 g/mol. The lowest BCUT2D eigenvalue weighted by molar-refractivity contribution is -0.379. The molecule has 0 bridgehead atoms. The molecule has 0 aromatic rings. The first-order valence-electron chi connectivity index (χ1n) is 45.4. The second-order valence-corrected chi connectivity index (χ2v) is 32.4. The van der Waals surface area contributed by atoms with Crippen LogP contribution in [0.15, 0.2) is 48.6 Å². The van der Waals surface area contributed by atoms with Gasteiger partial charge in [-0.3, -0.25) is 4.79 Å². The first-order chi connectivity index (χ1) is 53.3. The highest BCUT2D eigenvalue weighted by Crippen LogP contribution is 2.34. The maximum absolute atomic E-state index is 13.5. The van der Waals surface area contributed by atoms with Gasteiger partial charge < -0.3 is 89.9 Å². The van der Waals surface area contributed by atoms with Crippen LogP contribution in [0.5, 0.6) is 0 Å². The number of amides is 1. The molecule has 0 aromatic heterocycles. The van der Waals surface area contributed by atoms with Crippen molar-refractivity contribution in [2.45, 2.75) is 491 Å². The van der Waals surface area contributed by atoms with Crippen LogP contribution >= 0.6 is 0 Å². The third-order valence-electron chi connectivity index (χ3n) is 22.6. The van der Waals surface area contributed by atoms with Crippen LogP contribution in [0.4, 0.5) is 0 Å². The van der Waals surface area contributed by atoms with E-state index >= 15 is 0 Å². The maximum Gasteiger partial charge on any atom is 0.220 e. The van der Waals surface area contributed by atoms with Crippen LogP contribution in [-0.4, -0.2) is 193 Å². The first-order valence-corrected chi connectivity index (χ1v) is 45.4. The molecule has 3 saturated heterocycles. The van der Waals surface area contributed by atoms with E-state index in [0.29, 0.717) is 12.8 Å². The number of ether oxygens (including phenoxy) is 6. The Morgan fingerprint density at radius 2 is 0.587 bits per heavy atom. The van der Waals surface area contributed by atoms with E-state index in [0.717, 1.165) is 44.9 Å². The second-order valence-electron chi connectivity index (χ2n) is 32.4. The van der Waals surface area contributed by atoms with E-state index in [1.165, 1.54) is 308 Å². The first kappa shape index (κ1) is 101. The molecule has 0 spiro atoms. The lowest BCUT2D eigenvalue weighted by Gasteiger charge is -2.48. The lowest BCUT2D eigenvalue weighted by Crippen LogP contribution is -2.66. The molecule has 12 N–H and O–H groups in total. The summed E-state index contributed by atoms with van der Waals surface area (Å²) in [5, 5.41) is 121. The number of hydrogen-bond donors (Lipinski definition) is 12. The smallest absolute Gasteiger partial charge is 0.220 e. The number of hydrogen-bond acceptors (Lipinski definition) is 18. The summed E-state index contributed by atoms with van der Waals surface area (Å²) in [7, 11) is 0. The van der Waals surface area contributed by atoms with Crippen LogP contribution in [0.3, 0.4) is 0 Å². The highest BCUT2D eigenvalue weighted by atomic mass is 16.8. The molecule has 3 rings (SSSR count). The summed E-state index contributed by atoms with van der Waals surface area (Å²) in [4.78, 5) is 13.5. The molecule has 0 aromatic carbocycles. The molecule has 3 heterocycles. The van der Waals surface area contributed by atoms with Crippen molar-refractivity contribution in [2.24, 2.45) is 0 Å². The second kappa shape index (κ2) is 70.0. The van der Waals surface area contributed by atoms with Crippen molar-refractivity contribution in [3.63, 3.8) is 0 Å². The number of carbonyl (C=O) groups excluding carboxylic acids is 1. The Hall–Kier alpha value is -2.25. The third kappa shape index (κ3) is 48.8. The fourth-order valence-electron chi connectivity index (χ4n) is 15.3. The highest BCUT2D eigenvalue weighted by Gasteiger charge is 2.54. The van der Waals surface area contributed by atoms with Gasteiger partial charge in [0.1, 0.15) is 73.2 Å². The van der Waals surface area contributed by atoms with Gasteiger partial charge in [-0.1, -0.05) is 358 Å². The number of allylic oxidation sites excluding steroid dienone is 7. The molecule has 3 aliphatic rings. The minimum Gasteiger partial charge on any atom is -0.394 e. The molecule has 1 amide bonds. The minimum atomic E-state index is -1.98. The van der Waals surface area contributed by atoms with Gasteiger partial charge in [-0.05, 0) is 70.6 Å². The van der Waals surface area contributed by atoms with Crippen molar-refractivity contribution >= 4 is 5.91 Å². The van der Waals surface area contributed by atoms with Crippen LogP contribution in [0.1, 0.15) is 386 Å². The van der Waals surface area contributed by atoms with Crippen LogP contribution < -0.4 is 5.32 Å². The third-order valence-corrected chi connectivity index (χ3v) is 22.6. The van der Waals surface area contributed by atoms with Crippen molar-refractivity contribution in [3.8, 4) is 0 Å². The summed E-state index contributed by atoms with van der Waals surface area (Å²) in [5.41, 5.74) is 0. The number of carbonyl (C=O) groups is 1. The summed E-state index contributed by atoms with van der Waals surface area (Å²) in [6.07, 6.45) is 64.2. The van der Waals surface area contributed by atoms with Gasteiger partial charge in [-0.15, -0.1) is 0 Å². The molecule has 0 radical (unpaired) electrons. The molecule has 19 heteroatoms. The molecule has 0 saturated carbocycles. The minimum absolute atomic E-state index is 0.235. The largest absolute Gasteiger partial charge is 0.394 e. The molecule has 3 aliphatic heterocycles. The average Bonchev–Trinajstić information content (AvgIpc) is 0.760. The molecule has 109 heavy (non-hydrogen) atoms. The number of nitrogens with one attached hydrogen (secondary N) is 1. The summed E-state index contributed by atoms with van der Waals surface area (Å²) in [6, 6.07) is -0.998. The van der Waals surface area contributed by atoms with Gasteiger partial charge in [0.25, 0.3) is 0 Å². The Morgan fingerprint density at radius 3 is 0.917 bits per heavy atom. The fourth-order valence-corrected chi connectivity index (χ4v) is 15.3. The van der Waals surface area contributed by atoms with Gasteiger partial charge in [-0.2, -0.15) is 0 Å². The van der Waals surface area contributed by atoms with Crippen LogP contribution in [-0.2, 0) is 33.2 Å². The highest BCUT2D eigenvalue weighted by molar-refractivity contribution is 5.76. The van der Waals surface area contributed by atoms with Crippen LogP contribution in [0.25, 0.3) is 0 Å². The zero-order valence-corrected chi connectivity index (χ0v) is 69.1. The zero-order valence-electron chi connectivity index (χ0n) is 69.1. The van der Waals surface area contributed by atoms with Crippen LogP contribution in [0, 0.1) is 0 Å². The van der Waals surface area contributed by atoms with Gasteiger partial charge in [0, 0.05) is 6.42 Å². The standard InChI is InChI=1S/C90H167NO18/c1-3-5-7-9-11-13-15-17-19-21-23-25-27-29-31-32-33-34-35-36-37-38-39-40-42-44-46-48-50-52-54-56-58-60-62-64-66-68-78(96)91-73(74(95)67-65-63-61-59-57-55-53-51-49-47-45-43-41-30-28-26-24-22-20-18-16-14-12-10-8-6-4-2)72-104-88-84(102)81(99)86(76(70-93)106-88)109-90-85(103)82(100)87(77(71-94)107-90)108-89-83(101)80(98)79(97)75(69-92)105-89/h21,23,49,51,57,59,65,67,73-77,79-90,92-95,97-103H,3-20,22,24-48,50,52-56,58,60-64,66,68-72H2,1-2H3,(H,91,96)/b23-21-,51-49+,59-57+,67-65+. The Labute approximate surface area is 663 Å². The van der Waals surface area contributed by atoms with E-state index in [9.17, 15) is 61.0 Å². The summed E-state index contributed by atoms with van der Waals surface area (Å²) < 4.78 is 34.5. The van der Waals surface area contributed by atoms with E-state index < -0.39 is 124 Å². The van der Waals surface area contributed by atoms with Gasteiger partial charge in [-0.25, -0.2) is 0 Å². The number of aliphatic hydroxyl groups is 11. The normalized spacial score (nSPS) is 25.5. The van der Waals surface area contributed by atoms with Crippen molar-refractivity contribution in [3.05, 3.63) is 48.6 Å². The van der Waals surface area contributed by atoms with Crippen molar-refractivity contribution in [1.29, 1.82) is 0 Å². The molecule has 3 fully saturated rings. The SMILES string of the molecule is CCCCCCCCCC/C=C\CCCCCCCCCCCCCCCCCCCCCCCCCCCC(=O)NC(COC1OC(CO)C(OC2OC(CO)C(OC3OC(CO)C(O)C(O)C3O)C(O)C2O)C(O)C1O)C(O)/C=C/CC/C=C/CC/C=C/CCCCCCCCCCCCCCCCCCC. The quantitative estimate of drug-likeness (QED) is 0.0199. The summed E-state index contributed by atoms with van der Waals surface area (Å²) in [6.45, 7) is 1.77. The lowest BCUT2D eigenvalue weighted by atomic mass is 9.96. The average molecular weight is 1550 g/mol. The Bertz CT molecular complexity index is 2150. The Kier molecular flexibility index (Phi) is 64.8. The van der Waals surface area contributed by atoms with Crippen LogP contribution in [0.2, 0.25) is 0 Å². The van der Waals surface area contributed by atoms with Gasteiger partial charge in [0.15, 0.2) is 18.9 Å². The topological polar surface area (TPSA) is 307 Å². The summed E-state index contributed by atoms with van der Waals surface area (Å²) >= 11 is 0. The molecule has 0 aliphatic carbocycles. The Morgan fingerprint density at radius 1 is 0.321 bits per heavy atom.